The highest BCUT2D eigenvalue weighted by Crippen LogP contribution is 2.30. The van der Waals surface area contributed by atoms with E-state index in [1.165, 1.54) is 18.3 Å². The third-order valence-electron chi connectivity index (χ3n) is 4.81. The average molecular weight is 445 g/mol. The second kappa shape index (κ2) is 11.0. The lowest BCUT2D eigenvalue weighted by Crippen LogP contribution is -2.36. The van der Waals surface area contributed by atoms with Crippen LogP contribution in [0.15, 0.2) is 43.0 Å². The lowest BCUT2D eigenvalue weighted by molar-refractivity contribution is -0.114. The Kier molecular flexibility index (Phi) is 8.08. The van der Waals surface area contributed by atoms with Gasteiger partial charge in [-0.3, -0.25) is 9.59 Å². The van der Waals surface area contributed by atoms with Gasteiger partial charge in [-0.05, 0) is 42.7 Å². The second-order valence-electron chi connectivity index (χ2n) is 7.25. The third kappa shape index (κ3) is 6.32. The second-order valence-corrected chi connectivity index (χ2v) is 8.33. The van der Waals surface area contributed by atoms with Crippen LogP contribution in [0, 0.1) is 0 Å². The Hall–Kier alpha value is -2.84. The Morgan fingerprint density at radius 2 is 2.16 bits per heavy atom. The lowest BCUT2D eigenvalue weighted by Gasteiger charge is -2.25. The van der Waals surface area contributed by atoms with Gasteiger partial charge in [0.2, 0.25) is 5.91 Å². The van der Waals surface area contributed by atoms with Crippen LogP contribution in [0.4, 0.5) is 5.00 Å². The van der Waals surface area contributed by atoms with Crippen molar-refractivity contribution in [3.63, 3.8) is 0 Å². The van der Waals surface area contributed by atoms with E-state index in [4.69, 9.17) is 14.2 Å². The summed E-state index contributed by atoms with van der Waals surface area (Å²) in [6.07, 6.45) is 3.63. The molecule has 1 saturated heterocycles. The molecule has 0 spiro atoms. The first-order valence-corrected chi connectivity index (χ1v) is 11.0. The van der Waals surface area contributed by atoms with Crippen LogP contribution in [0.25, 0.3) is 0 Å². The molecule has 2 amide bonds. The van der Waals surface area contributed by atoms with Gasteiger partial charge >= 0.3 is 0 Å². The minimum atomic E-state index is -0.164. The first kappa shape index (κ1) is 22.8. The number of ether oxygens (including phenoxy) is 3. The van der Waals surface area contributed by atoms with Gasteiger partial charge in [-0.1, -0.05) is 18.7 Å². The number of hydrogen-bond donors (Lipinski definition) is 1. The molecule has 8 heteroatoms. The summed E-state index contributed by atoms with van der Waals surface area (Å²) in [5.41, 5.74) is 0.924. The number of anilines is 1. The van der Waals surface area contributed by atoms with Gasteiger partial charge in [0.15, 0.2) is 11.5 Å². The first-order chi connectivity index (χ1) is 15.0. The van der Waals surface area contributed by atoms with Crippen molar-refractivity contribution in [3.8, 4) is 11.5 Å². The summed E-state index contributed by atoms with van der Waals surface area (Å²) in [5.74, 6) is 0.972. The molecule has 1 aliphatic heterocycles. The third-order valence-corrected chi connectivity index (χ3v) is 5.80. The molecular formula is C23H28N2O5S. The SMILES string of the molecule is C=CCOc1ccc(CN(C[C@H]2CCCO2)C(=O)c2ccc(NC(C)=O)s2)cc1OC. The molecular weight excluding hydrogens is 416 g/mol. The zero-order valence-corrected chi connectivity index (χ0v) is 18.7. The van der Waals surface area contributed by atoms with Crippen LogP contribution in [0.5, 0.6) is 11.5 Å². The number of thiophene rings is 1. The van der Waals surface area contributed by atoms with Crippen LogP contribution in [0.1, 0.15) is 35.0 Å². The number of nitrogens with zero attached hydrogens (tertiary/aromatic N) is 1. The normalized spacial score (nSPS) is 15.4. The van der Waals surface area contributed by atoms with Gasteiger partial charge in [-0.25, -0.2) is 0 Å². The molecule has 1 fully saturated rings. The molecule has 2 aromatic rings. The average Bonchev–Trinajstić information content (AvgIpc) is 3.43. The van der Waals surface area contributed by atoms with Crippen LogP contribution in [0.3, 0.4) is 0 Å². The number of carbonyl (C=O) groups excluding carboxylic acids is 2. The van der Waals surface area contributed by atoms with Gasteiger partial charge in [-0.15, -0.1) is 11.3 Å². The van der Waals surface area contributed by atoms with Gasteiger partial charge < -0.3 is 24.4 Å². The predicted octanol–water partition coefficient (Wildman–Crippen LogP) is 4.10. The van der Waals surface area contributed by atoms with Crippen LogP contribution < -0.4 is 14.8 Å². The molecule has 166 valence electrons. The summed E-state index contributed by atoms with van der Waals surface area (Å²) in [7, 11) is 1.59. The van der Waals surface area contributed by atoms with Crippen LogP contribution in [-0.2, 0) is 16.1 Å². The molecule has 1 N–H and O–H groups in total. The molecule has 7 nitrogen and oxygen atoms in total. The number of rotatable bonds is 10. The van der Waals surface area contributed by atoms with Crippen molar-refractivity contribution in [2.75, 3.05) is 32.2 Å². The summed E-state index contributed by atoms with van der Waals surface area (Å²) in [5, 5.41) is 3.38. The van der Waals surface area contributed by atoms with E-state index in [0.29, 0.717) is 41.1 Å². The zero-order valence-electron chi connectivity index (χ0n) is 17.9. The number of carbonyl (C=O) groups is 2. The molecule has 0 aliphatic carbocycles. The van der Waals surface area contributed by atoms with Gasteiger partial charge in [0.1, 0.15) is 6.61 Å². The minimum Gasteiger partial charge on any atom is -0.493 e. The quantitative estimate of drug-likeness (QED) is 0.558. The van der Waals surface area contributed by atoms with Gasteiger partial charge in [0.25, 0.3) is 5.91 Å². The van der Waals surface area contributed by atoms with Crippen LogP contribution in [-0.4, -0.2) is 49.7 Å². The topological polar surface area (TPSA) is 77.1 Å². The Morgan fingerprint density at radius 1 is 1.32 bits per heavy atom. The Bertz CT molecular complexity index is 920. The maximum absolute atomic E-state index is 13.3. The minimum absolute atomic E-state index is 0.0239. The van der Waals surface area contributed by atoms with Crippen molar-refractivity contribution in [1.82, 2.24) is 4.90 Å². The zero-order chi connectivity index (χ0) is 22.2. The molecule has 0 bridgehead atoms. The highest BCUT2D eigenvalue weighted by molar-refractivity contribution is 7.18. The summed E-state index contributed by atoms with van der Waals surface area (Å²) in [6, 6.07) is 9.14. The number of hydrogen-bond acceptors (Lipinski definition) is 6. The smallest absolute Gasteiger partial charge is 0.264 e. The fraction of sp³-hybridized carbons (Fsp3) is 0.391. The van der Waals surface area contributed by atoms with Crippen molar-refractivity contribution >= 4 is 28.2 Å². The fourth-order valence-electron chi connectivity index (χ4n) is 3.40. The summed E-state index contributed by atoms with van der Waals surface area (Å²) in [6.45, 7) is 7.12. The van der Waals surface area contributed by atoms with E-state index in [2.05, 4.69) is 11.9 Å². The number of amides is 2. The standard InChI is InChI=1S/C23H28N2O5S/c1-4-11-30-19-8-7-17(13-20(19)28-3)14-25(15-18-6-5-12-29-18)23(27)21-9-10-22(31-21)24-16(2)26/h4,7-10,13,18H,1,5-6,11-12,14-15H2,2-3H3,(H,24,26)/t18-/m1/s1. The predicted molar refractivity (Wildman–Crippen MR) is 121 cm³/mol. The Morgan fingerprint density at radius 3 is 2.84 bits per heavy atom. The largest absolute Gasteiger partial charge is 0.493 e. The molecule has 1 aliphatic rings. The molecule has 0 unspecified atom stereocenters. The molecule has 31 heavy (non-hydrogen) atoms. The van der Waals surface area contributed by atoms with E-state index in [1.54, 1.807) is 30.2 Å². The molecule has 1 aromatic carbocycles. The molecule has 1 atom stereocenters. The van der Waals surface area contributed by atoms with E-state index >= 15 is 0 Å². The van der Waals surface area contributed by atoms with Gasteiger partial charge in [-0.2, -0.15) is 0 Å². The fourth-order valence-corrected chi connectivity index (χ4v) is 4.32. The maximum Gasteiger partial charge on any atom is 0.264 e. The lowest BCUT2D eigenvalue weighted by atomic mass is 10.1. The Balaban J connectivity index is 1.80. The van der Waals surface area contributed by atoms with E-state index < -0.39 is 0 Å². The van der Waals surface area contributed by atoms with E-state index in [0.717, 1.165) is 25.0 Å². The first-order valence-electron chi connectivity index (χ1n) is 10.2. The summed E-state index contributed by atoms with van der Waals surface area (Å²) in [4.78, 5) is 27.0. The van der Waals surface area contributed by atoms with Crippen LogP contribution in [0.2, 0.25) is 0 Å². The number of benzene rings is 1. The monoisotopic (exact) mass is 444 g/mol. The van der Waals surface area contributed by atoms with E-state index in [1.807, 2.05) is 18.2 Å². The van der Waals surface area contributed by atoms with Crippen LogP contribution >= 0.6 is 11.3 Å². The van der Waals surface area contributed by atoms with Crippen molar-refractivity contribution in [1.29, 1.82) is 0 Å². The molecule has 0 saturated carbocycles. The number of nitrogens with one attached hydrogen (secondary N) is 1. The van der Waals surface area contributed by atoms with Gasteiger partial charge in [0.05, 0.1) is 23.1 Å². The highest BCUT2D eigenvalue weighted by Gasteiger charge is 2.25. The summed E-state index contributed by atoms with van der Waals surface area (Å²) < 4.78 is 16.8. The molecule has 2 heterocycles. The van der Waals surface area contributed by atoms with Crippen molar-refractivity contribution in [2.24, 2.45) is 0 Å². The highest BCUT2D eigenvalue weighted by atomic mass is 32.1. The summed E-state index contributed by atoms with van der Waals surface area (Å²) >= 11 is 1.27. The van der Waals surface area contributed by atoms with E-state index in [-0.39, 0.29) is 17.9 Å². The maximum atomic E-state index is 13.3. The Labute approximate surface area is 186 Å². The molecule has 3 rings (SSSR count). The molecule has 1 aromatic heterocycles. The van der Waals surface area contributed by atoms with Crippen molar-refractivity contribution in [2.45, 2.75) is 32.4 Å². The van der Waals surface area contributed by atoms with Crippen molar-refractivity contribution < 1.29 is 23.8 Å². The van der Waals surface area contributed by atoms with Gasteiger partial charge in [0, 0.05) is 26.6 Å². The number of methoxy groups -OCH3 is 1. The molecule has 0 radical (unpaired) electrons. The van der Waals surface area contributed by atoms with Crippen molar-refractivity contribution in [3.05, 3.63) is 53.4 Å². The van der Waals surface area contributed by atoms with E-state index in [9.17, 15) is 9.59 Å².